The molecule has 0 saturated heterocycles. The van der Waals surface area contributed by atoms with E-state index >= 15 is 0 Å². The van der Waals surface area contributed by atoms with Gasteiger partial charge in [0.25, 0.3) is 0 Å². The summed E-state index contributed by atoms with van der Waals surface area (Å²) < 4.78 is 2.28. The highest BCUT2D eigenvalue weighted by Crippen LogP contribution is 2.33. The summed E-state index contributed by atoms with van der Waals surface area (Å²) in [7, 11) is 0. The Morgan fingerprint density at radius 2 is 2.10 bits per heavy atom. The summed E-state index contributed by atoms with van der Waals surface area (Å²) in [6.45, 7) is 6.02. The number of rotatable bonds is 3. The molecule has 0 aliphatic rings. The lowest BCUT2D eigenvalue weighted by Crippen LogP contribution is -2.11. The van der Waals surface area contributed by atoms with E-state index in [9.17, 15) is 10.1 Å². The lowest BCUT2D eigenvalue weighted by molar-refractivity contribution is -0.384. The van der Waals surface area contributed by atoms with Crippen molar-refractivity contribution in [2.45, 2.75) is 27.2 Å². The Kier molecular flexibility index (Phi) is 4.04. The zero-order valence-electron chi connectivity index (χ0n) is 12.1. The third kappa shape index (κ3) is 3.41. The molecule has 1 heterocycles. The number of hydrogen-bond donors (Lipinski definition) is 1. The van der Waals surface area contributed by atoms with Gasteiger partial charge < -0.3 is 5.73 Å². The Morgan fingerprint density at radius 1 is 1.43 bits per heavy atom. The monoisotopic (exact) mass is 352 g/mol. The van der Waals surface area contributed by atoms with Crippen LogP contribution in [0.5, 0.6) is 0 Å². The minimum absolute atomic E-state index is 0.0531. The summed E-state index contributed by atoms with van der Waals surface area (Å²) in [5.41, 5.74) is 6.82. The quantitative estimate of drug-likeness (QED) is 0.673. The number of nitrogens with two attached hydrogens (primary N) is 1. The van der Waals surface area contributed by atoms with Gasteiger partial charge in [-0.1, -0.05) is 42.8 Å². The highest BCUT2D eigenvalue weighted by Gasteiger charge is 2.29. The van der Waals surface area contributed by atoms with Crippen molar-refractivity contribution in [3.63, 3.8) is 0 Å². The van der Waals surface area contributed by atoms with Crippen LogP contribution in [0.25, 0.3) is 5.69 Å². The van der Waals surface area contributed by atoms with Gasteiger partial charge in [-0.05, 0) is 23.6 Å². The highest BCUT2D eigenvalue weighted by atomic mass is 79.9. The lowest BCUT2D eigenvalue weighted by Gasteiger charge is -2.15. The first-order valence-electron chi connectivity index (χ1n) is 6.47. The summed E-state index contributed by atoms with van der Waals surface area (Å²) in [5.74, 6) is 0.0531. The molecule has 2 aromatic rings. The van der Waals surface area contributed by atoms with Gasteiger partial charge >= 0.3 is 5.69 Å². The number of nitrogen functional groups attached to an aromatic ring is 1. The number of benzene rings is 1. The predicted octanol–water partition coefficient (Wildman–Crippen LogP) is 3.71. The summed E-state index contributed by atoms with van der Waals surface area (Å²) in [6, 6.07) is 7.32. The van der Waals surface area contributed by atoms with E-state index in [2.05, 4.69) is 21.0 Å². The van der Waals surface area contributed by atoms with Gasteiger partial charge in [-0.15, -0.1) is 0 Å². The van der Waals surface area contributed by atoms with Crippen LogP contribution >= 0.6 is 15.9 Å². The lowest BCUT2D eigenvalue weighted by atomic mass is 9.90. The fourth-order valence-electron chi connectivity index (χ4n) is 2.10. The molecule has 2 N–H and O–H groups in total. The Labute approximate surface area is 131 Å². The first-order valence-corrected chi connectivity index (χ1v) is 7.26. The van der Waals surface area contributed by atoms with Crippen molar-refractivity contribution < 1.29 is 4.92 Å². The minimum Gasteiger partial charge on any atom is -0.378 e. The Balaban J connectivity index is 2.59. The smallest absolute Gasteiger partial charge is 0.334 e. The molecule has 0 saturated carbocycles. The summed E-state index contributed by atoms with van der Waals surface area (Å²) in [5, 5.41) is 15.7. The van der Waals surface area contributed by atoms with Crippen LogP contribution in [0.2, 0.25) is 0 Å². The van der Waals surface area contributed by atoms with E-state index in [1.54, 1.807) is 6.07 Å². The van der Waals surface area contributed by atoms with E-state index in [1.165, 1.54) is 4.68 Å². The number of anilines is 1. The predicted molar refractivity (Wildman–Crippen MR) is 85.5 cm³/mol. The molecule has 0 radical (unpaired) electrons. The van der Waals surface area contributed by atoms with Gasteiger partial charge in [0.05, 0.1) is 10.6 Å². The first-order chi connectivity index (χ1) is 9.69. The van der Waals surface area contributed by atoms with Gasteiger partial charge in [0.2, 0.25) is 5.82 Å². The van der Waals surface area contributed by atoms with E-state index < -0.39 is 4.92 Å². The Morgan fingerprint density at radius 3 is 2.62 bits per heavy atom. The molecule has 1 aromatic carbocycles. The fraction of sp³-hybridized carbons (Fsp3) is 0.357. The minimum atomic E-state index is -0.460. The van der Waals surface area contributed by atoms with E-state index in [-0.39, 0.29) is 16.9 Å². The van der Waals surface area contributed by atoms with E-state index in [1.807, 2.05) is 39.0 Å². The van der Waals surface area contributed by atoms with Crippen LogP contribution in [0.1, 0.15) is 26.5 Å². The van der Waals surface area contributed by atoms with E-state index in [4.69, 9.17) is 5.73 Å². The standard InChI is InChI=1S/C14H17BrN4O2/c1-14(2,3)8-11-12(19(20)21)13(16)18(17-11)10-6-4-5-9(15)7-10/h4-7H,8,16H2,1-3H3. The molecular weight excluding hydrogens is 336 g/mol. The van der Waals surface area contributed by atoms with E-state index in [0.29, 0.717) is 17.8 Å². The van der Waals surface area contributed by atoms with E-state index in [0.717, 1.165) is 4.47 Å². The van der Waals surface area contributed by atoms with Crippen molar-refractivity contribution in [3.8, 4) is 5.69 Å². The van der Waals surface area contributed by atoms with Crippen LogP contribution in [0.4, 0.5) is 11.5 Å². The number of halogens is 1. The van der Waals surface area contributed by atoms with Crippen molar-refractivity contribution in [3.05, 3.63) is 44.5 Å². The van der Waals surface area contributed by atoms with Crippen LogP contribution < -0.4 is 5.73 Å². The Bertz CT molecular complexity index is 689. The molecule has 0 atom stereocenters. The SMILES string of the molecule is CC(C)(C)Cc1nn(-c2cccc(Br)c2)c(N)c1[N+](=O)[O-]. The van der Waals surface area contributed by atoms with Crippen molar-refractivity contribution in [1.29, 1.82) is 0 Å². The molecular formula is C14H17BrN4O2. The van der Waals surface area contributed by atoms with Crippen molar-refractivity contribution in [1.82, 2.24) is 9.78 Å². The van der Waals surface area contributed by atoms with Gasteiger partial charge in [-0.3, -0.25) is 10.1 Å². The van der Waals surface area contributed by atoms with Crippen LogP contribution in [-0.4, -0.2) is 14.7 Å². The molecule has 0 aliphatic heterocycles. The first kappa shape index (κ1) is 15.5. The normalized spacial score (nSPS) is 11.6. The maximum Gasteiger partial charge on any atom is 0.334 e. The summed E-state index contributed by atoms with van der Waals surface area (Å²) >= 11 is 3.37. The third-order valence-electron chi connectivity index (χ3n) is 2.90. The van der Waals surface area contributed by atoms with Crippen LogP contribution in [0, 0.1) is 15.5 Å². The van der Waals surface area contributed by atoms with Gasteiger partial charge in [-0.2, -0.15) is 5.10 Å². The van der Waals surface area contributed by atoms with Crippen molar-refractivity contribution >= 4 is 27.4 Å². The second-order valence-corrected chi connectivity index (χ2v) is 6.98. The molecule has 0 spiro atoms. The molecule has 0 fully saturated rings. The summed E-state index contributed by atoms with van der Waals surface area (Å²) in [6.07, 6.45) is 0.481. The molecule has 0 aliphatic carbocycles. The van der Waals surface area contributed by atoms with Crippen molar-refractivity contribution in [2.24, 2.45) is 5.41 Å². The van der Waals surface area contributed by atoms with Crippen LogP contribution in [-0.2, 0) is 6.42 Å². The van der Waals surface area contributed by atoms with Crippen LogP contribution in [0.15, 0.2) is 28.7 Å². The number of hydrogen-bond acceptors (Lipinski definition) is 4. The fourth-order valence-corrected chi connectivity index (χ4v) is 2.48. The molecule has 7 heteroatoms. The average molecular weight is 353 g/mol. The zero-order chi connectivity index (χ0) is 15.8. The van der Waals surface area contributed by atoms with Gasteiger partial charge in [0, 0.05) is 10.9 Å². The third-order valence-corrected chi connectivity index (χ3v) is 3.39. The second-order valence-electron chi connectivity index (χ2n) is 6.07. The molecule has 0 bridgehead atoms. The molecule has 0 amide bonds. The number of aromatic nitrogens is 2. The van der Waals surface area contributed by atoms with Gasteiger partial charge in [-0.25, -0.2) is 4.68 Å². The zero-order valence-corrected chi connectivity index (χ0v) is 13.7. The topological polar surface area (TPSA) is 87.0 Å². The van der Waals surface area contributed by atoms with Crippen molar-refractivity contribution in [2.75, 3.05) is 5.73 Å². The molecule has 6 nitrogen and oxygen atoms in total. The average Bonchev–Trinajstić information content (AvgIpc) is 2.63. The Hall–Kier alpha value is -1.89. The summed E-state index contributed by atoms with van der Waals surface area (Å²) in [4.78, 5) is 10.8. The van der Waals surface area contributed by atoms with Crippen LogP contribution in [0.3, 0.4) is 0 Å². The molecule has 1 aromatic heterocycles. The second kappa shape index (κ2) is 5.48. The van der Waals surface area contributed by atoms with Gasteiger partial charge in [0.15, 0.2) is 0 Å². The largest absolute Gasteiger partial charge is 0.378 e. The van der Waals surface area contributed by atoms with Gasteiger partial charge in [0.1, 0.15) is 5.69 Å². The highest BCUT2D eigenvalue weighted by molar-refractivity contribution is 9.10. The molecule has 2 rings (SSSR count). The number of nitrogens with zero attached hydrogens (tertiary/aromatic N) is 3. The number of nitro groups is 1. The maximum absolute atomic E-state index is 11.3. The maximum atomic E-state index is 11.3. The molecule has 0 unspecified atom stereocenters. The molecule has 112 valence electrons. The molecule has 21 heavy (non-hydrogen) atoms.